The summed E-state index contributed by atoms with van der Waals surface area (Å²) in [4.78, 5) is 19.8. The average molecular weight is 286 g/mol. The second-order valence-electron chi connectivity index (χ2n) is 6.33. The topological polar surface area (TPSA) is 66.0 Å². The number of imidazole rings is 1. The van der Waals surface area contributed by atoms with Crippen LogP contribution >= 0.6 is 0 Å². The number of nitrogens with one attached hydrogen (secondary N) is 1. The van der Waals surface area contributed by atoms with Crippen LogP contribution in [0.1, 0.15) is 49.9 Å². The molecule has 4 heteroatoms. The zero-order chi connectivity index (χ0) is 14.9. The molecule has 0 amide bonds. The molecule has 0 bridgehead atoms. The van der Waals surface area contributed by atoms with Crippen LogP contribution in [-0.2, 0) is 11.2 Å². The van der Waals surface area contributed by atoms with Gasteiger partial charge in [0.25, 0.3) is 0 Å². The van der Waals surface area contributed by atoms with Gasteiger partial charge >= 0.3 is 5.97 Å². The fourth-order valence-electron chi connectivity index (χ4n) is 3.50. The molecule has 1 aliphatic carbocycles. The molecule has 1 aliphatic rings. The number of para-hydroxylation sites is 1. The Labute approximate surface area is 124 Å². The maximum absolute atomic E-state index is 11.9. The van der Waals surface area contributed by atoms with Crippen molar-refractivity contribution in [3.8, 4) is 0 Å². The van der Waals surface area contributed by atoms with E-state index in [0.29, 0.717) is 6.42 Å². The SMILES string of the molecule is Cc1cccc2[nH]c(CC3(C(=O)O)CCCCCC3)nc12. The number of hydrogen-bond acceptors (Lipinski definition) is 2. The van der Waals surface area contributed by atoms with Crippen molar-refractivity contribution >= 4 is 17.0 Å². The lowest BCUT2D eigenvalue weighted by Crippen LogP contribution is -2.33. The van der Waals surface area contributed by atoms with E-state index < -0.39 is 11.4 Å². The molecule has 0 unspecified atom stereocenters. The first-order valence-electron chi connectivity index (χ1n) is 7.78. The predicted octanol–water partition coefficient (Wildman–Crippen LogP) is 3.84. The number of carbonyl (C=O) groups is 1. The molecule has 1 fully saturated rings. The summed E-state index contributed by atoms with van der Waals surface area (Å²) >= 11 is 0. The molecule has 1 saturated carbocycles. The van der Waals surface area contributed by atoms with Gasteiger partial charge in [-0.15, -0.1) is 0 Å². The third-order valence-electron chi connectivity index (χ3n) is 4.78. The van der Waals surface area contributed by atoms with Gasteiger partial charge in [0, 0.05) is 6.42 Å². The Balaban J connectivity index is 1.94. The number of carboxylic acids is 1. The molecule has 0 aliphatic heterocycles. The number of hydrogen-bond donors (Lipinski definition) is 2. The van der Waals surface area contributed by atoms with Gasteiger partial charge in [0.1, 0.15) is 5.82 Å². The molecule has 1 aromatic heterocycles. The number of H-pyrrole nitrogens is 1. The molecule has 112 valence electrons. The van der Waals surface area contributed by atoms with Crippen LogP contribution in [-0.4, -0.2) is 21.0 Å². The molecule has 1 heterocycles. The van der Waals surface area contributed by atoms with Crippen LogP contribution < -0.4 is 0 Å². The van der Waals surface area contributed by atoms with Crippen molar-refractivity contribution in [1.82, 2.24) is 9.97 Å². The van der Waals surface area contributed by atoms with Crippen LogP contribution in [0.4, 0.5) is 0 Å². The fourth-order valence-corrected chi connectivity index (χ4v) is 3.50. The average Bonchev–Trinajstić information content (AvgIpc) is 2.70. The van der Waals surface area contributed by atoms with Crippen LogP contribution in [0.25, 0.3) is 11.0 Å². The first-order valence-corrected chi connectivity index (χ1v) is 7.78. The Hall–Kier alpha value is -1.84. The second-order valence-corrected chi connectivity index (χ2v) is 6.33. The van der Waals surface area contributed by atoms with Gasteiger partial charge in [-0.05, 0) is 31.4 Å². The molecule has 4 nitrogen and oxygen atoms in total. The monoisotopic (exact) mass is 286 g/mol. The van der Waals surface area contributed by atoms with Crippen LogP contribution in [0.3, 0.4) is 0 Å². The Bertz CT molecular complexity index is 652. The molecule has 0 saturated heterocycles. The zero-order valence-electron chi connectivity index (χ0n) is 12.5. The third-order valence-corrected chi connectivity index (χ3v) is 4.78. The van der Waals surface area contributed by atoms with E-state index in [0.717, 1.165) is 60.9 Å². The number of rotatable bonds is 3. The largest absolute Gasteiger partial charge is 0.481 e. The number of aryl methyl sites for hydroxylation is 1. The van der Waals surface area contributed by atoms with E-state index in [1.807, 2.05) is 25.1 Å². The standard InChI is InChI=1S/C17H22N2O2/c1-12-7-6-8-13-15(12)19-14(18-13)11-17(16(20)21)9-4-2-3-5-10-17/h6-8H,2-5,9-11H2,1H3,(H,18,19)(H,20,21). The fraction of sp³-hybridized carbons (Fsp3) is 0.529. The number of aromatic nitrogens is 2. The molecule has 1 aromatic carbocycles. The summed E-state index contributed by atoms with van der Waals surface area (Å²) in [5.74, 6) is 0.144. The molecule has 3 rings (SSSR count). The number of nitrogens with zero attached hydrogens (tertiary/aromatic N) is 1. The molecule has 0 radical (unpaired) electrons. The highest BCUT2D eigenvalue weighted by atomic mass is 16.4. The van der Waals surface area contributed by atoms with E-state index in [4.69, 9.17) is 0 Å². The van der Waals surface area contributed by atoms with Crippen molar-refractivity contribution < 1.29 is 9.90 Å². The van der Waals surface area contributed by atoms with Gasteiger partial charge in [0.2, 0.25) is 0 Å². The quantitative estimate of drug-likeness (QED) is 0.842. The summed E-state index contributed by atoms with van der Waals surface area (Å²) in [7, 11) is 0. The number of carboxylic acid groups (broad SMARTS) is 1. The summed E-state index contributed by atoms with van der Waals surface area (Å²) in [5.41, 5.74) is 2.44. The summed E-state index contributed by atoms with van der Waals surface area (Å²) in [6, 6.07) is 6.03. The minimum Gasteiger partial charge on any atom is -0.481 e. The first kappa shape index (κ1) is 14.1. The minimum absolute atomic E-state index is 0.510. The van der Waals surface area contributed by atoms with Crippen molar-refractivity contribution in [1.29, 1.82) is 0 Å². The minimum atomic E-state index is -0.665. The van der Waals surface area contributed by atoms with Crippen LogP contribution in [0, 0.1) is 12.3 Å². The Kier molecular flexibility index (Phi) is 3.70. The van der Waals surface area contributed by atoms with Crippen LogP contribution in [0.2, 0.25) is 0 Å². The Morgan fingerprint density at radius 2 is 2.00 bits per heavy atom. The zero-order valence-corrected chi connectivity index (χ0v) is 12.5. The second kappa shape index (κ2) is 5.51. The molecule has 0 atom stereocenters. The van der Waals surface area contributed by atoms with Gasteiger partial charge in [0.15, 0.2) is 0 Å². The van der Waals surface area contributed by atoms with E-state index in [9.17, 15) is 9.90 Å². The van der Waals surface area contributed by atoms with Crippen LogP contribution in [0.15, 0.2) is 18.2 Å². The highest BCUT2D eigenvalue weighted by Gasteiger charge is 2.39. The van der Waals surface area contributed by atoms with Gasteiger partial charge < -0.3 is 10.1 Å². The first-order chi connectivity index (χ1) is 10.1. The molecule has 2 aromatic rings. The van der Waals surface area contributed by atoms with Gasteiger partial charge in [0.05, 0.1) is 16.4 Å². The number of aromatic amines is 1. The molecule has 21 heavy (non-hydrogen) atoms. The molecule has 0 spiro atoms. The van der Waals surface area contributed by atoms with Gasteiger partial charge in [-0.1, -0.05) is 37.8 Å². The third kappa shape index (κ3) is 2.67. The van der Waals surface area contributed by atoms with Crippen molar-refractivity contribution in [2.24, 2.45) is 5.41 Å². The molecular formula is C17H22N2O2. The van der Waals surface area contributed by atoms with E-state index in [1.54, 1.807) is 0 Å². The number of fused-ring (bicyclic) bond motifs is 1. The predicted molar refractivity (Wildman–Crippen MR) is 82.3 cm³/mol. The summed E-state index contributed by atoms with van der Waals surface area (Å²) in [6.07, 6.45) is 6.34. The van der Waals surface area contributed by atoms with E-state index in [2.05, 4.69) is 9.97 Å². The van der Waals surface area contributed by atoms with Gasteiger partial charge in [-0.3, -0.25) is 4.79 Å². The normalized spacial score (nSPS) is 18.5. The summed E-state index contributed by atoms with van der Waals surface area (Å²) < 4.78 is 0. The number of benzene rings is 1. The highest BCUT2D eigenvalue weighted by molar-refractivity contribution is 5.79. The lowest BCUT2D eigenvalue weighted by atomic mass is 9.77. The van der Waals surface area contributed by atoms with Gasteiger partial charge in [-0.25, -0.2) is 4.98 Å². The van der Waals surface area contributed by atoms with Crippen molar-refractivity contribution in [3.63, 3.8) is 0 Å². The number of aliphatic carboxylic acids is 1. The smallest absolute Gasteiger partial charge is 0.310 e. The lowest BCUT2D eigenvalue weighted by Gasteiger charge is -2.26. The van der Waals surface area contributed by atoms with E-state index in [1.165, 1.54) is 0 Å². The molecule has 2 N–H and O–H groups in total. The van der Waals surface area contributed by atoms with E-state index >= 15 is 0 Å². The maximum Gasteiger partial charge on any atom is 0.310 e. The maximum atomic E-state index is 11.9. The highest BCUT2D eigenvalue weighted by Crippen LogP contribution is 2.38. The Morgan fingerprint density at radius 1 is 1.29 bits per heavy atom. The van der Waals surface area contributed by atoms with Crippen molar-refractivity contribution in [3.05, 3.63) is 29.6 Å². The molecular weight excluding hydrogens is 264 g/mol. The van der Waals surface area contributed by atoms with Gasteiger partial charge in [-0.2, -0.15) is 0 Å². The summed E-state index contributed by atoms with van der Waals surface area (Å²) in [6.45, 7) is 2.03. The Morgan fingerprint density at radius 3 is 2.62 bits per heavy atom. The van der Waals surface area contributed by atoms with Crippen molar-refractivity contribution in [2.75, 3.05) is 0 Å². The van der Waals surface area contributed by atoms with Crippen LogP contribution in [0.5, 0.6) is 0 Å². The van der Waals surface area contributed by atoms with E-state index in [-0.39, 0.29) is 0 Å². The summed E-state index contributed by atoms with van der Waals surface area (Å²) in [5, 5.41) is 9.76. The lowest BCUT2D eigenvalue weighted by molar-refractivity contribution is -0.150. The van der Waals surface area contributed by atoms with Crippen molar-refractivity contribution in [2.45, 2.75) is 51.9 Å².